The van der Waals surface area contributed by atoms with E-state index in [1.807, 2.05) is 25.1 Å². The molecule has 1 heterocycles. The number of anilines is 2. The second kappa shape index (κ2) is 8.60. The minimum atomic E-state index is -3.75. The van der Waals surface area contributed by atoms with E-state index >= 15 is 0 Å². The molecule has 1 aromatic heterocycles. The Balaban J connectivity index is 1.51. The Bertz CT molecular complexity index is 1370. The van der Waals surface area contributed by atoms with Gasteiger partial charge in [0.1, 0.15) is 5.75 Å². The Morgan fingerprint density at radius 1 is 0.938 bits per heavy atom. The standard InChI is InChI=1S/C23H21N3O4S2/c1-25(2)23-24-20-14-11-18(15-21(20)31-23)30-22(27)16-9-12-19(13-10-16)32(28,29)26(3)17-7-5-4-6-8-17/h4-15H,1-3H3. The number of sulfonamides is 1. The number of rotatable bonds is 6. The summed E-state index contributed by atoms with van der Waals surface area (Å²) in [4.78, 5) is 19.1. The van der Waals surface area contributed by atoms with E-state index < -0.39 is 16.0 Å². The van der Waals surface area contributed by atoms with Gasteiger partial charge in [-0.25, -0.2) is 18.2 Å². The van der Waals surface area contributed by atoms with Gasteiger partial charge in [0, 0.05) is 27.2 Å². The number of fused-ring (bicyclic) bond motifs is 1. The number of ether oxygens (including phenoxy) is 1. The number of para-hydroxylation sites is 1. The van der Waals surface area contributed by atoms with E-state index in [0.717, 1.165) is 15.3 Å². The van der Waals surface area contributed by atoms with E-state index in [4.69, 9.17) is 4.74 Å². The fraction of sp³-hybridized carbons (Fsp3) is 0.130. The molecule has 4 rings (SSSR count). The van der Waals surface area contributed by atoms with Crippen LogP contribution in [-0.2, 0) is 10.0 Å². The maximum atomic E-state index is 12.9. The topological polar surface area (TPSA) is 79.8 Å². The lowest BCUT2D eigenvalue weighted by Gasteiger charge is -2.19. The van der Waals surface area contributed by atoms with Crippen LogP contribution in [0, 0.1) is 0 Å². The van der Waals surface area contributed by atoms with Gasteiger partial charge in [0.25, 0.3) is 10.0 Å². The maximum Gasteiger partial charge on any atom is 0.343 e. The van der Waals surface area contributed by atoms with Crippen LogP contribution in [-0.4, -0.2) is 40.5 Å². The van der Waals surface area contributed by atoms with Crippen molar-refractivity contribution in [3.63, 3.8) is 0 Å². The lowest BCUT2D eigenvalue weighted by molar-refractivity contribution is 0.0735. The Hall–Kier alpha value is -3.43. The second-order valence-electron chi connectivity index (χ2n) is 7.24. The fourth-order valence-electron chi connectivity index (χ4n) is 3.01. The largest absolute Gasteiger partial charge is 0.423 e. The lowest BCUT2D eigenvalue weighted by atomic mass is 10.2. The van der Waals surface area contributed by atoms with Crippen LogP contribution in [0.1, 0.15) is 10.4 Å². The number of carbonyl (C=O) groups excluding carboxylic acids is 1. The first-order chi connectivity index (χ1) is 15.3. The summed E-state index contributed by atoms with van der Waals surface area (Å²) in [5, 5.41) is 0.862. The molecule has 0 radical (unpaired) electrons. The molecule has 0 atom stereocenters. The van der Waals surface area contributed by atoms with Crippen LogP contribution < -0.4 is 13.9 Å². The highest BCUT2D eigenvalue weighted by atomic mass is 32.2. The third kappa shape index (κ3) is 4.30. The molecule has 0 aliphatic rings. The molecule has 0 aliphatic carbocycles. The van der Waals surface area contributed by atoms with Crippen LogP contribution in [0.3, 0.4) is 0 Å². The Morgan fingerprint density at radius 3 is 2.28 bits per heavy atom. The molecule has 0 fully saturated rings. The summed E-state index contributed by atoms with van der Waals surface area (Å²) in [6.07, 6.45) is 0. The van der Waals surface area contributed by atoms with E-state index in [0.29, 0.717) is 11.4 Å². The molecule has 0 saturated carbocycles. The van der Waals surface area contributed by atoms with Crippen LogP contribution >= 0.6 is 11.3 Å². The van der Waals surface area contributed by atoms with E-state index in [2.05, 4.69) is 4.98 Å². The van der Waals surface area contributed by atoms with Gasteiger partial charge in [0.15, 0.2) is 5.13 Å². The first-order valence-electron chi connectivity index (χ1n) is 9.70. The van der Waals surface area contributed by atoms with Gasteiger partial charge in [0.2, 0.25) is 0 Å². The van der Waals surface area contributed by atoms with E-state index in [1.54, 1.807) is 42.5 Å². The Labute approximate surface area is 190 Å². The molecule has 3 aromatic carbocycles. The monoisotopic (exact) mass is 467 g/mol. The lowest BCUT2D eigenvalue weighted by Crippen LogP contribution is -2.26. The number of thiazole rings is 1. The normalized spacial score (nSPS) is 11.3. The average Bonchev–Trinajstić information content (AvgIpc) is 3.23. The van der Waals surface area contributed by atoms with Gasteiger partial charge in [0.05, 0.1) is 26.4 Å². The van der Waals surface area contributed by atoms with Crippen molar-refractivity contribution in [3.8, 4) is 5.75 Å². The number of nitrogens with zero attached hydrogens (tertiary/aromatic N) is 3. The molecule has 0 unspecified atom stereocenters. The zero-order valence-corrected chi connectivity index (χ0v) is 19.4. The molecular formula is C23H21N3O4S2. The molecular weight excluding hydrogens is 446 g/mol. The first-order valence-corrected chi connectivity index (χ1v) is 12.0. The number of hydrogen-bond acceptors (Lipinski definition) is 7. The van der Waals surface area contributed by atoms with Crippen molar-refractivity contribution < 1.29 is 17.9 Å². The zero-order valence-electron chi connectivity index (χ0n) is 17.7. The minimum Gasteiger partial charge on any atom is -0.423 e. The summed E-state index contributed by atoms with van der Waals surface area (Å²) < 4.78 is 33.4. The van der Waals surface area contributed by atoms with Crippen LogP contribution in [0.4, 0.5) is 10.8 Å². The third-order valence-corrected chi connectivity index (χ3v) is 7.80. The zero-order chi connectivity index (χ0) is 22.9. The predicted octanol–water partition coefficient (Wildman–Crippen LogP) is 4.41. The van der Waals surface area contributed by atoms with Crippen molar-refractivity contribution in [1.29, 1.82) is 0 Å². The molecule has 0 saturated heterocycles. The van der Waals surface area contributed by atoms with Crippen molar-refractivity contribution in [2.75, 3.05) is 30.3 Å². The van der Waals surface area contributed by atoms with E-state index in [1.165, 1.54) is 47.0 Å². The van der Waals surface area contributed by atoms with Gasteiger partial charge in [-0.3, -0.25) is 4.31 Å². The van der Waals surface area contributed by atoms with Gasteiger partial charge in [-0.1, -0.05) is 29.5 Å². The fourth-order valence-corrected chi connectivity index (χ4v) is 5.12. The summed E-state index contributed by atoms with van der Waals surface area (Å²) in [5.74, 6) is -0.168. The van der Waals surface area contributed by atoms with Crippen molar-refractivity contribution in [1.82, 2.24) is 4.98 Å². The van der Waals surface area contributed by atoms with Gasteiger partial charge in [-0.2, -0.15) is 0 Å². The molecule has 4 aromatic rings. The highest BCUT2D eigenvalue weighted by Crippen LogP contribution is 2.31. The van der Waals surface area contributed by atoms with Crippen molar-refractivity contribution in [3.05, 3.63) is 78.4 Å². The molecule has 0 N–H and O–H groups in total. The smallest absolute Gasteiger partial charge is 0.343 e. The van der Waals surface area contributed by atoms with Crippen LogP contribution in [0.25, 0.3) is 10.2 Å². The second-order valence-corrected chi connectivity index (χ2v) is 10.2. The highest BCUT2D eigenvalue weighted by Gasteiger charge is 2.22. The number of benzene rings is 3. The minimum absolute atomic E-state index is 0.0858. The molecule has 32 heavy (non-hydrogen) atoms. The molecule has 7 nitrogen and oxygen atoms in total. The van der Waals surface area contributed by atoms with Crippen LogP contribution in [0.2, 0.25) is 0 Å². The van der Waals surface area contributed by atoms with Crippen molar-refractivity contribution >= 4 is 48.4 Å². The summed E-state index contributed by atoms with van der Waals surface area (Å²) in [5.41, 5.74) is 1.63. The predicted molar refractivity (Wildman–Crippen MR) is 127 cm³/mol. The molecule has 164 valence electrons. The number of esters is 1. The maximum absolute atomic E-state index is 12.9. The van der Waals surface area contributed by atoms with Gasteiger partial charge < -0.3 is 9.64 Å². The van der Waals surface area contributed by atoms with E-state index in [-0.39, 0.29) is 10.5 Å². The summed E-state index contributed by atoms with van der Waals surface area (Å²) in [7, 11) is 1.57. The Morgan fingerprint density at radius 2 is 1.62 bits per heavy atom. The first kappa shape index (κ1) is 21.8. The van der Waals surface area contributed by atoms with Crippen molar-refractivity contribution in [2.45, 2.75) is 4.90 Å². The highest BCUT2D eigenvalue weighted by molar-refractivity contribution is 7.92. The van der Waals surface area contributed by atoms with Gasteiger partial charge >= 0.3 is 5.97 Å². The Kier molecular flexibility index (Phi) is 5.86. The molecule has 9 heteroatoms. The van der Waals surface area contributed by atoms with Gasteiger partial charge in [-0.05, 0) is 48.5 Å². The SMILES string of the molecule is CN(C)c1nc2ccc(OC(=O)c3ccc(S(=O)(=O)N(C)c4ccccc4)cc3)cc2s1. The van der Waals surface area contributed by atoms with E-state index in [9.17, 15) is 13.2 Å². The number of aromatic nitrogens is 1. The summed E-state index contributed by atoms with van der Waals surface area (Å²) in [6, 6.07) is 19.7. The average molecular weight is 468 g/mol. The van der Waals surface area contributed by atoms with Gasteiger partial charge in [-0.15, -0.1) is 0 Å². The molecule has 0 aliphatic heterocycles. The third-order valence-electron chi connectivity index (χ3n) is 4.81. The number of hydrogen-bond donors (Lipinski definition) is 0. The number of carbonyl (C=O) groups is 1. The van der Waals surface area contributed by atoms with Crippen LogP contribution in [0.15, 0.2) is 77.7 Å². The van der Waals surface area contributed by atoms with Crippen molar-refractivity contribution in [2.24, 2.45) is 0 Å². The quantitative estimate of drug-likeness (QED) is 0.309. The molecule has 0 amide bonds. The molecule has 0 bridgehead atoms. The summed E-state index contributed by atoms with van der Waals surface area (Å²) >= 11 is 1.50. The molecule has 0 spiro atoms. The van der Waals surface area contributed by atoms with Crippen LogP contribution in [0.5, 0.6) is 5.75 Å². The summed E-state index contributed by atoms with van der Waals surface area (Å²) in [6.45, 7) is 0.